The van der Waals surface area contributed by atoms with Crippen molar-refractivity contribution in [1.82, 2.24) is 4.98 Å². The van der Waals surface area contributed by atoms with E-state index in [-0.39, 0.29) is 5.97 Å². The Hall–Kier alpha value is -2.42. The SMILES string of the molecule is COC(=O)/C=C(\C)c1ccc(-c2cccnc2)cc1. The molecule has 0 amide bonds. The van der Waals surface area contributed by atoms with Gasteiger partial charge in [-0.3, -0.25) is 4.98 Å². The van der Waals surface area contributed by atoms with Crippen LogP contribution in [-0.4, -0.2) is 18.1 Å². The standard InChI is InChI=1S/C16H15NO2/c1-12(10-16(18)19-2)13-5-7-14(8-6-13)15-4-3-9-17-11-15/h3-11H,1-2H3/b12-10+. The Balaban J connectivity index is 2.24. The topological polar surface area (TPSA) is 39.2 Å². The van der Waals surface area contributed by atoms with Gasteiger partial charge in [0.15, 0.2) is 0 Å². The maximum atomic E-state index is 11.2. The lowest BCUT2D eigenvalue weighted by molar-refractivity contribution is -0.134. The van der Waals surface area contributed by atoms with Crippen LogP contribution in [0.5, 0.6) is 0 Å². The average molecular weight is 253 g/mol. The minimum atomic E-state index is -0.339. The number of ether oxygens (including phenoxy) is 1. The normalized spacial score (nSPS) is 11.2. The highest BCUT2D eigenvalue weighted by molar-refractivity contribution is 5.90. The van der Waals surface area contributed by atoms with Crippen LogP contribution in [0.4, 0.5) is 0 Å². The van der Waals surface area contributed by atoms with Crippen molar-refractivity contribution in [2.75, 3.05) is 7.11 Å². The largest absolute Gasteiger partial charge is 0.466 e. The van der Waals surface area contributed by atoms with Gasteiger partial charge in [-0.2, -0.15) is 0 Å². The second-order valence-corrected chi connectivity index (χ2v) is 4.17. The van der Waals surface area contributed by atoms with E-state index in [0.29, 0.717) is 0 Å². The van der Waals surface area contributed by atoms with E-state index in [0.717, 1.165) is 22.3 Å². The van der Waals surface area contributed by atoms with Gasteiger partial charge in [0.25, 0.3) is 0 Å². The summed E-state index contributed by atoms with van der Waals surface area (Å²) in [5, 5.41) is 0. The zero-order valence-corrected chi connectivity index (χ0v) is 11.0. The van der Waals surface area contributed by atoms with Crippen LogP contribution in [0.15, 0.2) is 54.9 Å². The Morgan fingerprint density at radius 1 is 1.16 bits per heavy atom. The molecule has 0 N–H and O–H groups in total. The van der Waals surface area contributed by atoms with Crippen LogP contribution in [0.3, 0.4) is 0 Å². The summed E-state index contributed by atoms with van der Waals surface area (Å²) in [4.78, 5) is 15.3. The summed E-state index contributed by atoms with van der Waals surface area (Å²) in [5.74, 6) is -0.339. The molecule has 2 aromatic rings. The van der Waals surface area contributed by atoms with Crippen molar-refractivity contribution in [3.05, 3.63) is 60.4 Å². The first kappa shape index (κ1) is 13.0. The van der Waals surface area contributed by atoms with Gasteiger partial charge in [0.1, 0.15) is 0 Å². The van der Waals surface area contributed by atoms with Gasteiger partial charge in [-0.25, -0.2) is 4.79 Å². The number of nitrogens with zero attached hydrogens (tertiary/aromatic N) is 1. The monoisotopic (exact) mass is 253 g/mol. The second kappa shape index (κ2) is 5.96. The number of hydrogen-bond acceptors (Lipinski definition) is 3. The Labute approximate surface area is 112 Å². The van der Waals surface area contributed by atoms with Crippen molar-refractivity contribution in [2.24, 2.45) is 0 Å². The maximum absolute atomic E-state index is 11.2. The summed E-state index contributed by atoms with van der Waals surface area (Å²) in [7, 11) is 1.37. The van der Waals surface area contributed by atoms with Crippen LogP contribution in [0.2, 0.25) is 0 Å². The van der Waals surface area contributed by atoms with Crippen LogP contribution in [0.1, 0.15) is 12.5 Å². The molecule has 3 heteroatoms. The molecule has 0 saturated carbocycles. The fourth-order valence-corrected chi connectivity index (χ4v) is 1.78. The van der Waals surface area contributed by atoms with E-state index >= 15 is 0 Å². The molecule has 96 valence electrons. The number of aromatic nitrogens is 1. The van der Waals surface area contributed by atoms with E-state index in [1.807, 2.05) is 49.5 Å². The molecule has 19 heavy (non-hydrogen) atoms. The van der Waals surface area contributed by atoms with Crippen molar-refractivity contribution in [1.29, 1.82) is 0 Å². The van der Waals surface area contributed by atoms with Crippen molar-refractivity contribution in [3.8, 4) is 11.1 Å². The molecule has 0 spiro atoms. The fourth-order valence-electron chi connectivity index (χ4n) is 1.78. The summed E-state index contributed by atoms with van der Waals surface area (Å²) in [6, 6.07) is 11.9. The van der Waals surface area contributed by atoms with Crippen molar-refractivity contribution in [2.45, 2.75) is 6.92 Å². The molecular formula is C16H15NO2. The third kappa shape index (κ3) is 3.28. The van der Waals surface area contributed by atoms with Crippen LogP contribution >= 0.6 is 0 Å². The van der Waals surface area contributed by atoms with E-state index in [1.165, 1.54) is 13.2 Å². The Kier molecular flexibility index (Phi) is 4.08. The number of methoxy groups -OCH3 is 1. The summed E-state index contributed by atoms with van der Waals surface area (Å²) < 4.78 is 4.61. The van der Waals surface area contributed by atoms with Crippen LogP contribution < -0.4 is 0 Å². The number of esters is 1. The third-order valence-corrected chi connectivity index (χ3v) is 2.87. The molecule has 0 aliphatic rings. The molecular weight excluding hydrogens is 238 g/mol. The molecule has 1 heterocycles. The lowest BCUT2D eigenvalue weighted by Crippen LogP contribution is -1.95. The molecule has 3 nitrogen and oxygen atoms in total. The highest BCUT2D eigenvalue weighted by Gasteiger charge is 2.01. The third-order valence-electron chi connectivity index (χ3n) is 2.87. The quantitative estimate of drug-likeness (QED) is 0.622. The number of allylic oxidation sites excluding steroid dienone is 1. The maximum Gasteiger partial charge on any atom is 0.330 e. The molecule has 1 aromatic heterocycles. The summed E-state index contributed by atoms with van der Waals surface area (Å²) >= 11 is 0. The van der Waals surface area contributed by atoms with Gasteiger partial charge in [0, 0.05) is 18.5 Å². The molecule has 0 saturated heterocycles. The first-order chi connectivity index (χ1) is 9.20. The van der Waals surface area contributed by atoms with Crippen molar-refractivity contribution in [3.63, 3.8) is 0 Å². The van der Waals surface area contributed by atoms with E-state index in [1.54, 1.807) is 6.20 Å². The Morgan fingerprint density at radius 2 is 1.89 bits per heavy atom. The summed E-state index contributed by atoms with van der Waals surface area (Å²) in [5.41, 5.74) is 4.05. The van der Waals surface area contributed by atoms with Crippen LogP contribution in [-0.2, 0) is 9.53 Å². The zero-order chi connectivity index (χ0) is 13.7. The van der Waals surface area contributed by atoms with Gasteiger partial charge in [-0.1, -0.05) is 30.3 Å². The number of rotatable bonds is 3. The molecule has 0 unspecified atom stereocenters. The number of benzene rings is 1. The van der Waals surface area contributed by atoms with Crippen LogP contribution in [0, 0.1) is 0 Å². The minimum absolute atomic E-state index is 0.339. The number of pyridine rings is 1. The second-order valence-electron chi connectivity index (χ2n) is 4.17. The number of hydrogen-bond donors (Lipinski definition) is 0. The van der Waals surface area contributed by atoms with E-state index < -0.39 is 0 Å². The fraction of sp³-hybridized carbons (Fsp3) is 0.125. The first-order valence-corrected chi connectivity index (χ1v) is 5.98. The summed E-state index contributed by atoms with van der Waals surface area (Å²) in [6.45, 7) is 1.88. The molecule has 1 aromatic carbocycles. The van der Waals surface area contributed by atoms with Crippen LogP contribution in [0.25, 0.3) is 16.7 Å². The minimum Gasteiger partial charge on any atom is -0.466 e. The Bertz CT molecular complexity index is 586. The van der Waals surface area contributed by atoms with Crippen molar-refractivity contribution < 1.29 is 9.53 Å². The highest BCUT2D eigenvalue weighted by atomic mass is 16.5. The smallest absolute Gasteiger partial charge is 0.330 e. The van der Waals surface area contributed by atoms with Gasteiger partial charge in [-0.05, 0) is 35.3 Å². The average Bonchev–Trinajstić information content (AvgIpc) is 2.48. The predicted molar refractivity (Wildman–Crippen MR) is 75.3 cm³/mol. The van der Waals surface area contributed by atoms with Crippen molar-refractivity contribution >= 4 is 11.5 Å². The zero-order valence-electron chi connectivity index (χ0n) is 11.0. The molecule has 0 fully saturated rings. The summed E-state index contributed by atoms with van der Waals surface area (Å²) in [6.07, 6.45) is 5.06. The lowest BCUT2D eigenvalue weighted by atomic mass is 10.0. The number of carbonyl (C=O) groups is 1. The number of carbonyl (C=O) groups excluding carboxylic acids is 1. The molecule has 0 aliphatic heterocycles. The van der Waals surface area contributed by atoms with E-state index in [9.17, 15) is 4.79 Å². The molecule has 2 rings (SSSR count). The molecule has 0 atom stereocenters. The van der Waals surface area contributed by atoms with Gasteiger partial charge >= 0.3 is 5.97 Å². The molecule has 0 radical (unpaired) electrons. The van der Waals surface area contributed by atoms with Gasteiger partial charge in [0.2, 0.25) is 0 Å². The van der Waals surface area contributed by atoms with Gasteiger partial charge < -0.3 is 4.74 Å². The molecule has 0 aliphatic carbocycles. The lowest BCUT2D eigenvalue weighted by Gasteiger charge is -2.04. The predicted octanol–water partition coefficient (Wildman–Crippen LogP) is 3.32. The van der Waals surface area contributed by atoms with E-state index in [4.69, 9.17) is 0 Å². The van der Waals surface area contributed by atoms with Gasteiger partial charge in [-0.15, -0.1) is 0 Å². The van der Waals surface area contributed by atoms with Gasteiger partial charge in [0.05, 0.1) is 7.11 Å². The first-order valence-electron chi connectivity index (χ1n) is 5.98. The highest BCUT2D eigenvalue weighted by Crippen LogP contribution is 2.21. The Morgan fingerprint density at radius 3 is 2.47 bits per heavy atom. The molecule has 0 bridgehead atoms. The van der Waals surface area contributed by atoms with E-state index in [2.05, 4.69) is 9.72 Å².